The molecule has 0 aromatic heterocycles. The van der Waals surface area contributed by atoms with Crippen LogP contribution in [0.2, 0.25) is 0 Å². The summed E-state index contributed by atoms with van der Waals surface area (Å²) in [5, 5.41) is 2.74. The van der Waals surface area contributed by atoms with Gasteiger partial charge in [-0.25, -0.2) is 8.42 Å². The van der Waals surface area contributed by atoms with Crippen molar-refractivity contribution in [3.8, 4) is 11.5 Å². The topological polar surface area (TPSA) is 93.7 Å². The van der Waals surface area contributed by atoms with Crippen LogP contribution in [-0.4, -0.2) is 28.5 Å². The van der Waals surface area contributed by atoms with Gasteiger partial charge >= 0.3 is 0 Å². The summed E-state index contributed by atoms with van der Waals surface area (Å²) in [5.41, 5.74) is 2.97. The predicted octanol–water partition coefficient (Wildman–Crippen LogP) is 4.37. The molecule has 0 aliphatic heterocycles. The van der Waals surface area contributed by atoms with Crippen LogP contribution < -0.4 is 19.5 Å². The van der Waals surface area contributed by atoms with Crippen LogP contribution in [-0.2, 0) is 10.0 Å². The van der Waals surface area contributed by atoms with Crippen molar-refractivity contribution in [2.75, 3.05) is 24.3 Å². The minimum atomic E-state index is -3.77. The average Bonchev–Trinajstić information content (AvgIpc) is 2.76. The smallest absolute Gasteiger partial charge is 0.261 e. The molecule has 0 fully saturated rings. The highest BCUT2D eigenvalue weighted by Gasteiger charge is 2.19. The molecule has 3 aromatic rings. The third-order valence-corrected chi connectivity index (χ3v) is 6.15. The molecule has 162 valence electrons. The molecule has 0 spiro atoms. The van der Waals surface area contributed by atoms with Crippen LogP contribution in [0.5, 0.6) is 11.5 Å². The van der Waals surface area contributed by atoms with Crippen LogP contribution in [0.25, 0.3) is 0 Å². The van der Waals surface area contributed by atoms with Crippen molar-refractivity contribution in [2.45, 2.75) is 18.7 Å². The number of rotatable bonds is 7. The number of amides is 1. The lowest BCUT2D eigenvalue weighted by molar-refractivity contribution is 0.102. The second kappa shape index (κ2) is 9.09. The Morgan fingerprint density at radius 1 is 0.839 bits per heavy atom. The van der Waals surface area contributed by atoms with E-state index in [9.17, 15) is 13.2 Å². The maximum absolute atomic E-state index is 12.8. The van der Waals surface area contributed by atoms with Crippen molar-refractivity contribution in [3.05, 3.63) is 77.4 Å². The normalized spacial score (nSPS) is 11.0. The molecule has 7 nitrogen and oxygen atoms in total. The fourth-order valence-corrected chi connectivity index (χ4v) is 4.35. The predicted molar refractivity (Wildman–Crippen MR) is 121 cm³/mol. The van der Waals surface area contributed by atoms with Crippen LogP contribution in [0, 0.1) is 13.8 Å². The monoisotopic (exact) mass is 440 g/mol. The number of sulfonamides is 1. The number of aryl methyl sites for hydroxylation is 2. The molecule has 8 heteroatoms. The highest BCUT2D eigenvalue weighted by Crippen LogP contribution is 2.31. The molecule has 31 heavy (non-hydrogen) atoms. The summed E-state index contributed by atoms with van der Waals surface area (Å²) in [6.07, 6.45) is 0. The zero-order chi connectivity index (χ0) is 22.6. The molecule has 0 aliphatic carbocycles. The highest BCUT2D eigenvalue weighted by molar-refractivity contribution is 7.92. The van der Waals surface area contributed by atoms with Gasteiger partial charge < -0.3 is 14.8 Å². The van der Waals surface area contributed by atoms with E-state index in [0.29, 0.717) is 28.4 Å². The average molecular weight is 441 g/mol. The van der Waals surface area contributed by atoms with Crippen LogP contribution in [0.1, 0.15) is 21.5 Å². The summed E-state index contributed by atoms with van der Waals surface area (Å²) in [4.78, 5) is 12.8. The SMILES string of the molecule is COc1cccc(C(=O)Nc2ccc(S(=O)(=O)Nc3c(C)cccc3C)cc2)c1OC. The number of methoxy groups -OCH3 is 2. The molecule has 0 heterocycles. The van der Waals surface area contributed by atoms with E-state index < -0.39 is 15.9 Å². The van der Waals surface area contributed by atoms with Gasteiger partial charge in [-0.1, -0.05) is 24.3 Å². The van der Waals surface area contributed by atoms with Crippen molar-refractivity contribution in [1.29, 1.82) is 0 Å². The van der Waals surface area contributed by atoms with Crippen molar-refractivity contribution in [1.82, 2.24) is 0 Å². The van der Waals surface area contributed by atoms with Crippen molar-refractivity contribution in [2.24, 2.45) is 0 Å². The number of para-hydroxylation sites is 2. The third-order valence-electron chi connectivity index (χ3n) is 4.79. The number of hydrogen-bond acceptors (Lipinski definition) is 5. The Bertz CT molecular complexity index is 1180. The van der Waals surface area contributed by atoms with E-state index >= 15 is 0 Å². The van der Waals surface area contributed by atoms with E-state index in [1.807, 2.05) is 32.0 Å². The van der Waals surface area contributed by atoms with Crippen LogP contribution in [0.3, 0.4) is 0 Å². The lowest BCUT2D eigenvalue weighted by atomic mass is 10.1. The largest absolute Gasteiger partial charge is 0.493 e. The van der Waals surface area contributed by atoms with Gasteiger partial charge in [-0.05, 0) is 61.4 Å². The Morgan fingerprint density at radius 3 is 2.03 bits per heavy atom. The third kappa shape index (κ3) is 4.80. The molecule has 0 radical (unpaired) electrons. The first-order valence-corrected chi connectivity index (χ1v) is 11.0. The molecule has 0 bridgehead atoms. The van der Waals surface area contributed by atoms with Gasteiger partial charge in [0.2, 0.25) is 0 Å². The molecule has 0 aliphatic rings. The number of anilines is 2. The molecule has 3 aromatic carbocycles. The van der Waals surface area contributed by atoms with Crippen LogP contribution in [0.15, 0.2) is 65.6 Å². The zero-order valence-electron chi connectivity index (χ0n) is 17.7. The molecule has 2 N–H and O–H groups in total. The summed E-state index contributed by atoms with van der Waals surface area (Å²) in [6.45, 7) is 3.69. The Balaban J connectivity index is 1.80. The first kappa shape index (κ1) is 22.2. The zero-order valence-corrected chi connectivity index (χ0v) is 18.5. The summed E-state index contributed by atoms with van der Waals surface area (Å²) in [6, 6.07) is 16.5. The van der Waals surface area contributed by atoms with Gasteiger partial charge in [0.15, 0.2) is 11.5 Å². The van der Waals surface area contributed by atoms with Crippen molar-refractivity contribution in [3.63, 3.8) is 0 Å². The van der Waals surface area contributed by atoms with Gasteiger partial charge in [-0.2, -0.15) is 0 Å². The number of hydrogen-bond donors (Lipinski definition) is 2. The first-order chi connectivity index (χ1) is 14.8. The molecule has 3 rings (SSSR count). The molecule has 0 atom stereocenters. The van der Waals surface area contributed by atoms with Gasteiger partial charge in [0.05, 0.1) is 30.4 Å². The number of carbonyl (C=O) groups is 1. The summed E-state index contributed by atoms with van der Waals surface area (Å²) in [5.74, 6) is 0.355. The van der Waals surface area contributed by atoms with E-state index in [1.54, 1.807) is 18.2 Å². The summed E-state index contributed by atoms with van der Waals surface area (Å²) >= 11 is 0. The minimum absolute atomic E-state index is 0.0899. The lowest BCUT2D eigenvalue weighted by Gasteiger charge is -2.14. The lowest BCUT2D eigenvalue weighted by Crippen LogP contribution is -2.16. The number of benzene rings is 3. The van der Waals surface area contributed by atoms with E-state index in [0.717, 1.165) is 11.1 Å². The molecular weight excluding hydrogens is 416 g/mol. The van der Waals surface area contributed by atoms with E-state index in [2.05, 4.69) is 10.0 Å². The Hall–Kier alpha value is -3.52. The maximum Gasteiger partial charge on any atom is 0.261 e. The Kier molecular flexibility index (Phi) is 6.50. The van der Waals surface area contributed by atoms with E-state index in [1.165, 1.54) is 38.5 Å². The Labute approximate surface area is 182 Å². The number of nitrogens with one attached hydrogen (secondary N) is 2. The van der Waals surface area contributed by atoms with Gasteiger partial charge in [0, 0.05) is 5.69 Å². The van der Waals surface area contributed by atoms with E-state index in [-0.39, 0.29) is 4.90 Å². The first-order valence-electron chi connectivity index (χ1n) is 9.48. The van der Waals surface area contributed by atoms with Crippen LogP contribution >= 0.6 is 0 Å². The molecule has 0 saturated heterocycles. The van der Waals surface area contributed by atoms with Crippen molar-refractivity contribution >= 4 is 27.3 Å². The quantitative estimate of drug-likeness (QED) is 0.569. The second-order valence-electron chi connectivity index (χ2n) is 6.89. The second-order valence-corrected chi connectivity index (χ2v) is 8.57. The number of ether oxygens (including phenoxy) is 2. The summed E-state index contributed by atoms with van der Waals surface area (Å²) in [7, 11) is -0.828. The maximum atomic E-state index is 12.8. The van der Waals surface area contributed by atoms with E-state index in [4.69, 9.17) is 9.47 Å². The van der Waals surface area contributed by atoms with Crippen molar-refractivity contribution < 1.29 is 22.7 Å². The summed E-state index contributed by atoms with van der Waals surface area (Å²) < 4.78 is 38.7. The van der Waals surface area contributed by atoms with Gasteiger partial charge in [-0.15, -0.1) is 0 Å². The minimum Gasteiger partial charge on any atom is -0.493 e. The van der Waals surface area contributed by atoms with Gasteiger partial charge in [0.25, 0.3) is 15.9 Å². The fourth-order valence-electron chi connectivity index (χ4n) is 3.15. The molecule has 0 saturated carbocycles. The van der Waals surface area contributed by atoms with Gasteiger partial charge in [-0.3, -0.25) is 9.52 Å². The number of carbonyl (C=O) groups excluding carboxylic acids is 1. The molecule has 0 unspecified atom stereocenters. The van der Waals surface area contributed by atoms with Crippen LogP contribution in [0.4, 0.5) is 11.4 Å². The Morgan fingerprint density at radius 2 is 1.45 bits per heavy atom. The van der Waals surface area contributed by atoms with Gasteiger partial charge in [0.1, 0.15) is 0 Å². The molecular formula is C23H24N2O5S. The standard InChI is InChI=1S/C23H24N2O5S/c1-15-7-5-8-16(2)21(15)25-31(27,28)18-13-11-17(12-14-18)24-23(26)19-9-6-10-20(29-3)22(19)30-4/h5-14,25H,1-4H3,(H,24,26). The molecule has 1 amide bonds. The highest BCUT2D eigenvalue weighted by atomic mass is 32.2. The fraction of sp³-hybridized carbons (Fsp3) is 0.174.